The highest BCUT2D eigenvalue weighted by atomic mass is 32.2. The van der Waals surface area contributed by atoms with E-state index >= 15 is 0 Å². The number of primary amides is 1. The molecule has 1 atom stereocenters. The van der Waals surface area contributed by atoms with Crippen molar-refractivity contribution in [3.05, 3.63) is 46.7 Å². The van der Waals surface area contributed by atoms with Crippen LogP contribution in [0.1, 0.15) is 11.8 Å². The molecule has 4 N–H and O–H groups in total. The lowest BCUT2D eigenvalue weighted by Gasteiger charge is -2.17. The van der Waals surface area contributed by atoms with E-state index in [0.717, 1.165) is 17.0 Å². The number of thiophene rings is 1. The van der Waals surface area contributed by atoms with E-state index in [1.54, 1.807) is 11.3 Å². The van der Waals surface area contributed by atoms with Crippen LogP contribution >= 0.6 is 23.1 Å². The lowest BCUT2D eigenvalue weighted by Crippen LogP contribution is -2.38. The third kappa shape index (κ3) is 5.90. The molecular formula is C17H21N3O2S2. The van der Waals surface area contributed by atoms with Crippen LogP contribution in [0.25, 0.3) is 0 Å². The number of anilines is 1. The number of rotatable bonds is 9. The summed E-state index contributed by atoms with van der Waals surface area (Å²) in [4.78, 5) is 25.3. The minimum absolute atomic E-state index is 0.0544. The number of nitrogens with one attached hydrogen (secondary N) is 2. The third-order valence-electron chi connectivity index (χ3n) is 3.27. The molecule has 1 aromatic heterocycles. The highest BCUT2D eigenvalue weighted by molar-refractivity contribution is 8.00. The summed E-state index contributed by atoms with van der Waals surface area (Å²) in [5.74, 6) is -0.212. The number of carbonyl (C=O) groups is 2. The van der Waals surface area contributed by atoms with E-state index in [4.69, 9.17) is 5.73 Å². The Morgan fingerprint density at radius 3 is 2.75 bits per heavy atom. The highest BCUT2D eigenvalue weighted by Gasteiger charge is 2.14. The molecule has 0 fully saturated rings. The predicted molar refractivity (Wildman–Crippen MR) is 100 cm³/mol. The molecule has 0 bridgehead atoms. The maximum atomic E-state index is 12.2. The van der Waals surface area contributed by atoms with Crippen LogP contribution < -0.4 is 16.4 Å². The molecule has 0 aliphatic carbocycles. The fourth-order valence-electron chi connectivity index (χ4n) is 2.08. The van der Waals surface area contributed by atoms with Crippen molar-refractivity contribution in [2.75, 3.05) is 17.6 Å². The minimum atomic E-state index is -0.372. The van der Waals surface area contributed by atoms with Crippen molar-refractivity contribution >= 4 is 40.6 Å². The predicted octanol–water partition coefficient (Wildman–Crippen LogP) is 2.48. The maximum Gasteiger partial charge on any atom is 0.242 e. The van der Waals surface area contributed by atoms with Gasteiger partial charge in [0.15, 0.2) is 0 Å². The average Bonchev–Trinajstić information content (AvgIpc) is 3.07. The lowest BCUT2D eigenvalue weighted by atomic mass is 10.2. The van der Waals surface area contributed by atoms with Gasteiger partial charge >= 0.3 is 0 Å². The van der Waals surface area contributed by atoms with Crippen LogP contribution in [0, 0.1) is 0 Å². The largest absolute Gasteiger partial charge is 0.373 e. The fraction of sp³-hybridized carbons (Fsp3) is 0.294. The summed E-state index contributed by atoms with van der Waals surface area (Å²) in [5, 5.41) is 8.16. The van der Waals surface area contributed by atoms with E-state index < -0.39 is 0 Å². The Bertz CT molecular complexity index is 674. The first-order chi connectivity index (χ1) is 11.6. The number of para-hydroxylation sites is 1. The molecule has 0 saturated carbocycles. The molecule has 0 aliphatic heterocycles. The number of carbonyl (C=O) groups excluding carboxylic acids is 2. The van der Waals surface area contributed by atoms with Crippen LogP contribution in [-0.2, 0) is 16.0 Å². The number of benzene rings is 1. The van der Waals surface area contributed by atoms with Crippen molar-refractivity contribution in [2.45, 2.75) is 24.3 Å². The van der Waals surface area contributed by atoms with Crippen molar-refractivity contribution in [1.29, 1.82) is 0 Å². The number of hydrogen-bond donors (Lipinski definition) is 3. The molecule has 1 heterocycles. The zero-order valence-electron chi connectivity index (χ0n) is 13.5. The highest BCUT2D eigenvalue weighted by Crippen LogP contribution is 2.27. The Kier molecular flexibility index (Phi) is 7.14. The first-order valence-electron chi connectivity index (χ1n) is 7.63. The number of amides is 2. The van der Waals surface area contributed by atoms with Crippen LogP contribution in [-0.4, -0.2) is 30.2 Å². The van der Waals surface area contributed by atoms with E-state index in [9.17, 15) is 9.59 Å². The normalized spacial score (nSPS) is 11.7. The third-order valence-corrected chi connectivity index (χ3v) is 5.31. The standard InChI is InChI=1S/C17H21N3O2S2/c1-12(17(22)19-9-8-13-5-4-10-23-13)20-14-6-2-3-7-15(14)24-11-16(18)21/h2-7,10,12,20H,8-9,11H2,1H3,(H2,18,21)(H,19,22)/t12-/m1/s1. The van der Waals surface area contributed by atoms with Gasteiger partial charge in [-0.05, 0) is 36.9 Å². The van der Waals surface area contributed by atoms with Crippen molar-refractivity contribution < 1.29 is 9.59 Å². The van der Waals surface area contributed by atoms with Gasteiger partial charge in [-0.25, -0.2) is 0 Å². The van der Waals surface area contributed by atoms with E-state index in [1.807, 2.05) is 42.6 Å². The summed E-state index contributed by atoms with van der Waals surface area (Å²) in [5.41, 5.74) is 6.02. The molecule has 2 amide bonds. The van der Waals surface area contributed by atoms with Gasteiger partial charge in [-0.2, -0.15) is 0 Å². The topological polar surface area (TPSA) is 84.2 Å². The molecule has 7 heteroatoms. The molecular weight excluding hydrogens is 342 g/mol. The molecule has 128 valence electrons. The molecule has 0 aliphatic rings. The maximum absolute atomic E-state index is 12.2. The molecule has 0 unspecified atom stereocenters. The van der Waals surface area contributed by atoms with Crippen LogP contribution in [0.5, 0.6) is 0 Å². The summed E-state index contributed by atoms with van der Waals surface area (Å²) in [7, 11) is 0. The van der Waals surface area contributed by atoms with E-state index in [-0.39, 0.29) is 23.6 Å². The van der Waals surface area contributed by atoms with Gasteiger partial charge in [-0.1, -0.05) is 18.2 Å². The van der Waals surface area contributed by atoms with E-state index in [2.05, 4.69) is 16.7 Å². The lowest BCUT2D eigenvalue weighted by molar-refractivity contribution is -0.121. The second-order valence-electron chi connectivity index (χ2n) is 5.24. The van der Waals surface area contributed by atoms with Gasteiger partial charge in [0.25, 0.3) is 0 Å². The molecule has 0 radical (unpaired) electrons. The zero-order chi connectivity index (χ0) is 17.4. The molecule has 5 nitrogen and oxygen atoms in total. The van der Waals surface area contributed by atoms with Crippen LogP contribution in [0.3, 0.4) is 0 Å². The van der Waals surface area contributed by atoms with Gasteiger partial charge in [0, 0.05) is 22.0 Å². The summed E-state index contributed by atoms with van der Waals surface area (Å²) in [6.45, 7) is 2.43. The van der Waals surface area contributed by atoms with Crippen molar-refractivity contribution in [2.24, 2.45) is 5.73 Å². The Morgan fingerprint density at radius 2 is 2.04 bits per heavy atom. The van der Waals surface area contributed by atoms with Crippen molar-refractivity contribution in [3.63, 3.8) is 0 Å². The van der Waals surface area contributed by atoms with Crippen LogP contribution in [0.15, 0.2) is 46.7 Å². The second kappa shape index (κ2) is 9.34. The fourth-order valence-corrected chi connectivity index (χ4v) is 3.54. The molecule has 2 rings (SSSR count). The molecule has 0 spiro atoms. The number of hydrogen-bond acceptors (Lipinski definition) is 5. The Balaban J connectivity index is 1.85. The van der Waals surface area contributed by atoms with Gasteiger partial charge < -0.3 is 16.4 Å². The monoisotopic (exact) mass is 363 g/mol. The van der Waals surface area contributed by atoms with Gasteiger partial charge in [0.1, 0.15) is 6.04 Å². The van der Waals surface area contributed by atoms with Gasteiger partial charge in [0.05, 0.1) is 5.75 Å². The molecule has 0 saturated heterocycles. The van der Waals surface area contributed by atoms with Gasteiger partial charge in [-0.15, -0.1) is 23.1 Å². The van der Waals surface area contributed by atoms with Crippen LogP contribution in [0.4, 0.5) is 5.69 Å². The Morgan fingerprint density at radius 1 is 1.25 bits per heavy atom. The molecule has 24 heavy (non-hydrogen) atoms. The van der Waals surface area contributed by atoms with E-state index in [1.165, 1.54) is 16.6 Å². The van der Waals surface area contributed by atoms with Gasteiger partial charge in [0.2, 0.25) is 11.8 Å². The Labute approximate surface area is 150 Å². The average molecular weight is 364 g/mol. The molecule has 2 aromatic rings. The first-order valence-corrected chi connectivity index (χ1v) is 9.49. The number of nitrogens with two attached hydrogens (primary N) is 1. The quantitative estimate of drug-likeness (QED) is 0.598. The number of thioether (sulfide) groups is 1. The Hall–Kier alpha value is -1.99. The minimum Gasteiger partial charge on any atom is -0.373 e. The van der Waals surface area contributed by atoms with Gasteiger partial charge in [-0.3, -0.25) is 9.59 Å². The van der Waals surface area contributed by atoms with Crippen LogP contribution in [0.2, 0.25) is 0 Å². The van der Waals surface area contributed by atoms with Crippen molar-refractivity contribution in [3.8, 4) is 0 Å². The second-order valence-corrected chi connectivity index (χ2v) is 7.29. The SMILES string of the molecule is C[C@@H](Nc1ccccc1SCC(N)=O)C(=O)NCCc1cccs1. The first kappa shape index (κ1) is 18.4. The summed E-state index contributed by atoms with van der Waals surface area (Å²) < 4.78 is 0. The summed E-state index contributed by atoms with van der Waals surface area (Å²) in [6, 6.07) is 11.3. The van der Waals surface area contributed by atoms with Crippen molar-refractivity contribution in [1.82, 2.24) is 5.32 Å². The smallest absolute Gasteiger partial charge is 0.242 e. The summed E-state index contributed by atoms with van der Waals surface area (Å²) in [6.07, 6.45) is 0.835. The summed E-state index contributed by atoms with van der Waals surface area (Å²) >= 11 is 3.05. The van der Waals surface area contributed by atoms with E-state index in [0.29, 0.717) is 6.54 Å². The zero-order valence-corrected chi connectivity index (χ0v) is 15.1. The molecule has 1 aromatic carbocycles.